The maximum atomic E-state index is 13.2. The van der Waals surface area contributed by atoms with Crippen molar-refractivity contribution in [2.24, 2.45) is 5.92 Å². The Morgan fingerprint density at radius 1 is 1.03 bits per heavy atom. The minimum atomic E-state index is -5.17. The second-order valence-corrected chi connectivity index (χ2v) is 10.4. The summed E-state index contributed by atoms with van der Waals surface area (Å²) in [6.45, 7) is 15.0. The van der Waals surface area contributed by atoms with Crippen LogP contribution in [0.5, 0.6) is 0 Å². The Kier molecular flexibility index (Phi) is 12.1. The number of halogens is 3. The molecule has 1 aromatic rings. The standard InChI is InChI=1S/C28H39F3N2O4/c1-18(2)12-11-13-19(3)20(4)16-23(25(35)37-27(5,6)7)32-24(34)22(33-26(36)28(29,30)31)17-21-14-9-8-10-15-21/h8-10,12,14-15,19,22-23H,4,11,13,16-17H2,1-3,5-7H3,(H,32,34)(H,33,36)/t19?,22-,23+/m0/s1. The van der Waals surface area contributed by atoms with Crippen molar-refractivity contribution in [3.05, 3.63) is 59.7 Å². The van der Waals surface area contributed by atoms with Crippen LogP contribution in [0.1, 0.15) is 66.4 Å². The lowest BCUT2D eigenvalue weighted by atomic mass is 9.91. The lowest BCUT2D eigenvalue weighted by molar-refractivity contribution is -0.174. The van der Waals surface area contributed by atoms with E-state index in [-0.39, 0.29) is 18.8 Å². The zero-order valence-electron chi connectivity index (χ0n) is 22.5. The fraction of sp³-hybridized carbons (Fsp3) is 0.536. The van der Waals surface area contributed by atoms with Gasteiger partial charge >= 0.3 is 18.1 Å². The summed E-state index contributed by atoms with van der Waals surface area (Å²) < 4.78 is 44.4. The van der Waals surface area contributed by atoms with Gasteiger partial charge in [-0.2, -0.15) is 13.2 Å². The van der Waals surface area contributed by atoms with Crippen LogP contribution in [0.25, 0.3) is 0 Å². The van der Waals surface area contributed by atoms with Gasteiger partial charge in [0.2, 0.25) is 5.91 Å². The molecule has 1 rings (SSSR count). The van der Waals surface area contributed by atoms with Crippen LogP contribution in [0.2, 0.25) is 0 Å². The molecule has 2 N–H and O–H groups in total. The number of amides is 2. The van der Waals surface area contributed by atoms with Crippen LogP contribution in [0.3, 0.4) is 0 Å². The molecule has 206 valence electrons. The highest BCUT2D eigenvalue weighted by atomic mass is 19.4. The van der Waals surface area contributed by atoms with Crippen LogP contribution >= 0.6 is 0 Å². The predicted octanol–water partition coefficient (Wildman–Crippen LogP) is 5.43. The van der Waals surface area contributed by atoms with Crippen molar-refractivity contribution in [2.45, 2.75) is 91.1 Å². The Morgan fingerprint density at radius 2 is 1.62 bits per heavy atom. The minimum absolute atomic E-state index is 0.0162. The van der Waals surface area contributed by atoms with Crippen LogP contribution < -0.4 is 10.6 Å². The normalized spacial score (nSPS) is 14.1. The van der Waals surface area contributed by atoms with Crippen molar-refractivity contribution in [3.63, 3.8) is 0 Å². The first kappa shape index (κ1) is 31.9. The number of rotatable bonds is 12. The molecule has 0 heterocycles. The van der Waals surface area contributed by atoms with Crippen molar-refractivity contribution in [1.82, 2.24) is 10.6 Å². The number of nitrogens with one attached hydrogen (secondary N) is 2. The first-order valence-corrected chi connectivity index (χ1v) is 12.3. The second-order valence-electron chi connectivity index (χ2n) is 10.4. The third-order valence-electron chi connectivity index (χ3n) is 5.49. The van der Waals surface area contributed by atoms with Gasteiger partial charge in [0.15, 0.2) is 0 Å². The minimum Gasteiger partial charge on any atom is -0.458 e. The van der Waals surface area contributed by atoms with Gasteiger partial charge in [-0.3, -0.25) is 9.59 Å². The third kappa shape index (κ3) is 12.6. The zero-order chi connectivity index (χ0) is 28.4. The Bertz CT molecular complexity index is 962. The fourth-order valence-corrected chi connectivity index (χ4v) is 3.43. The summed E-state index contributed by atoms with van der Waals surface area (Å²) in [5.41, 5.74) is 1.56. The molecule has 0 saturated heterocycles. The molecule has 9 heteroatoms. The van der Waals surface area contributed by atoms with Crippen molar-refractivity contribution in [1.29, 1.82) is 0 Å². The molecule has 6 nitrogen and oxygen atoms in total. The summed E-state index contributed by atoms with van der Waals surface area (Å²) in [6.07, 6.45) is -1.65. The summed E-state index contributed by atoms with van der Waals surface area (Å²) in [5.74, 6) is -3.89. The van der Waals surface area contributed by atoms with Gasteiger partial charge in [0.25, 0.3) is 0 Å². The van der Waals surface area contributed by atoms with E-state index in [0.717, 1.165) is 12.8 Å². The number of benzene rings is 1. The summed E-state index contributed by atoms with van der Waals surface area (Å²) in [7, 11) is 0. The summed E-state index contributed by atoms with van der Waals surface area (Å²) in [4.78, 5) is 37.8. The van der Waals surface area contributed by atoms with Crippen LogP contribution in [0, 0.1) is 5.92 Å². The van der Waals surface area contributed by atoms with E-state index in [1.165, 1.54) is 5.57 Å². The van der Waals surface area contributed by atoms with Crippen LogP contribution in [0.4, 0.5) is 13.2 Å². The van der Waals surface area contributed by atoms with E-state index in [4.69, 9.17) is 4.74 Å². The predicted molar refractivity (Wildman–Crippen MR) is 137 cm³/mol. The van der Waals surface area contributed by atoms with E-state index in [1.54, 1.807) is 56.4 Å². The molecular formula is C28H39F3N2O4. The Balaban J connectivity index is 3.14. The van der Waals surface area contributed by atoms with E-state index >= 15 is 0 Å². The number of hydrogen-bond donors (Lipinski definition) is 2. The second kappa shape index (κ2) is 14.0. The number of hydrogen-bond acceptors (Lipinski definition) is 4. The molecule has 0 aromatic heterocycles. The zero-order valence-corrected chi connectivity index (χ0v) is 22.5. The van der Waals surface area contributed by atoms with Crippen molar-refractivity contribution >= 4 is 17.8 Å². The maximum absolute atomic E-state index is 13.2. The molecule has 0 aliphatic heterocycles. The molecule has 0 saturated carbocycles. The highest BCUT2D eigenvalue weighted by Crippen LogP contribution is 2.22. The van der Waals surface area contributed by atoms with Gasteiger partial charge in [-0.1, -0.05) is 61.1 Å². The maximum Gasteiger partial charge on any atom is 0.471 e. The van der Waals surface area contributed by atoms with Gasteiger partial charge < -0.3 is 15.4 Å². The van der Waals surface area contributed by atoms with Crippen molar-refractivity contribution < 1.29 is 32.3 Å². The van der Waals surface area contributed by atoms with Gasteiger partial charge in [0, 0.05) is 6.42 Å². The van der Waals surface area contributed by atoms with E-state index in [1.807, 2.05) is 20.8 Å². The molecule has 1 aromatic carbocycles. The highest BCUT2D eigenvalue weighted by molar-refractivity contribution is 5.92. The number of carbonyl (C=O) groups excluding carboxylic acids is 3. The number of allylic oxidation sites excluding steroid dienone is 2. The van der Waals surface area contributed by atoms with Gasteiger partial charge in [-0.15, -0.1) is 0 Å². The lowest BCUT2D eigenvalue weighted by Gasteiger charge is -2.28. The molecule has 0 radical (unpaired) electrons. The number of esters is 1. The summed E-state index contributed by atoms with van der Waals surface area (Å²) in [6, 6.07) is 5.55. The Labute approximate surface area is 217 Å². The fourth-order valence-electron chi connectivity index (χ4n) is 3.43. The van der Waals surface area contributed by atoms with Crippen LogP contribution in [0.15, 0.2) is 54.1 Å². The molecule has 0 bridgehead atoms. The van der Waals surface area contributed by atoms with Gasteiger partial charge in [0.05, 0.1) is 0 Å². The van der Waals surface area contributed by atoms with E-state index in [2.05, 4.69) is 18.0 Å². The third-order valence-corrected chi connectivity index (χ3v) is 5.49. The van der Waals surface area contributed by atoms with Crippen molar-refractivity contribution in [2.75, 3.05) is 0 Å². The molecule has 0 fully saturated rings. The van der Waals surface area contributed by atoms with E-state index < -0.39 is 41.6 Å². The first-order chi connectivity index (χ1) is 17.0. The number of ether oxygens (including phenoxy) is 1. The van der Waals surface area contributed by atoms with Crippen LogP contribution in [-0.4, -0.2) is 41.6 Å². The smallest absolute Gasteiger partial charge is 0.458 e. The first-order valence-electron chi connectivity index (χ1n) is 12.3. The molecule has 0 aliphatic carbocycles. The highest BCUT2D eigenvalue weighted by Gasteiger charge is 2.41. The molecule has 3 atom stereocenters. The lowest BCUT2D eigenvalue weighted by Crippen LogP contribution is -2.55. The summed E-state index contributed by atoms with van der Waals surface area (Å²) in [5, 5.41) is 4.26. The topological polar surface area (TPSA) is 84.5 Å². The molecule has 0 spiro atoms. The number of alkyl halides is 3. The van der Waals surface area contributed by atoms with Crippen LogP contribution in [-0.2, 0) is 25.5 Å². The van der Waals surface area contributed by atoms with Gasteiger partial charge in [-0.05, 0) is 65.4 Å². The molecule has 1 unspecified atom stereocenters. The molecular weight excluding hydrogens is 485 g/mol. The van der Waals surface area contributed by atoms with Gasteiger partial charge in [0.1, 0.15) is 17.7 Å². The van der Waals surface area contributed by atoms with E-state index in [9.17, 15) is 27.6 Å². The quantitative estimate of drug-likeness (QED) is 0.282. The Hall–Kier alpha value is -3.10. The monoisotopic (exact) mass is 524 g/mol. The van der Waals surface area contributed by atoms with Crippen molar-refractivity contribution in [3.8, 4) is 0 Å². The molecule has 0 aliphatic rings. The SMILES string of the molecule is C=C(C[C@@H](NC(=O)[C@H](Cc1ccccc1)NC(=O)C(F)(F)F)C(=O)OC(C)(C)C)C(C)CCC=C(C)C. The Morgan fingerprint density at radius 3 is 2.14 bits per heavy atom. The number of carbonyl (C=O) groups is 3. The van der Waals surface area contributed by atoms with E-state index in [0.29, 0.717) is 11.1 Å². The molecule has 2 amide bonds. The largest absolute Gasteiger partial charge is 0.471 e. The van der Waals surface area contributed by atoms with Gasteiger partial charge in [-0.25, -0.2) is 4.79 Å². The average Bonchev–Trinajstić information content (AvgIpc) is 2.76. The summed E-state index contributed by atoms with van der Waals surface area (Å²) >= 11 is 0. The average molecular weight is 525 g/mol. The molecule has 37 heavy (non-hydrogen) atoms.